The minimum atomic E-state index is -1.13. The summed E-state index contributed by atoms with van der Waals surface area (Å²) in [6.45, 7) is 4.10. The Morgan fingerprint density at radius 2 is 1.66 bits per heavy atom. The van der Waals surface area contributed by atoms with Crippen LogP contribution < -0.4 is 37.3 Å². The van der Waals surface area contributed by atoms with Gasteiger partial charge in [-0.25, -0.2) is 0 Å². The molecule has 11 heteroatoms. The van der Waals surface area contributed by atoms with Crippen molar-refractivity contribution in [3.63, 3.8) is 0 Å². The molecule has 2 aromatic carbocycles. The summed E-state index contributed by atoms with van der Waals surface area (Å²) >= 11 is 0. The van der Waals surface area contributed by atoms with E-state index < -0.39 is 18.0 Å². The number of amides is 3. The average Bonchev–Trinajstić information content (AvgIpc) is 2.98. The molecule has 0 fully saturated rings. The van der Waals surface area contributed by atoms with Gasteiger partial charge >= 0.3 is 0 Å². The zero-order valence-corrected chi connectivity index (χ0v) is 24.3. The number of aryl methyl sites for hydroxylation is 1. The van der Waals surface area contributed by atoms with Crippen molar-refractivity contribution < 1.29 is 23.9 Å². The van der Waals surface area contributed by atoms with Gasteiger partial charge in [0.25, 0.3) is 0 Å². The molecule has 0 aliphatic heterocycles. The Morgan fingerprint density at radius 1 is 0.951 bits per heavy atom. The van der Waals surface area contributed by atoms with E-state index in [2.05, 4.69) is 17.6 Å². The lowest BCUT2D eigenvalue weighted by molar-refractivity contribution is -0.135. The number of hydrogen-bond donors (Lipinski definition) is 5. The second-order valence-electron chi connectivity index (χ2n) is 9.76. The lowest BCUT2D eigenvalue weighted by Crippen LogP contribution is -2.53. The van der Waals surface area contributed by atoms with E-state index >= 15 is 0 Å². The zero-order chi connectivity index (χ0) is 30.0. The first kappa shape index (κ1) is 33.5. The van der Waals surface area contributed by atoms with E-state index in [1.807, 2.05) is 48.5 Å². The summed E-state index contributed by atoms with van der Waals surface area (Å²) in [6, 6.07) is 13.2. The molecule has 2 rings (SSSR count). The van der Waals surface area contributed by atoms with Crippen molar-refractivity contribution in [2.24, 2.45) is 17.2 Å². The summed E-state index contributed by atoms with van der Waals surface area (Å²) in [4.78, 5) is 40.4. The van der Waals surface area contributed by atoms with Crippen molar-refractivity contribution in [2.45, 2.75) is 57.7 Å². The molecule has 0 aromatic heterocycles. The molecular formula is C30H46N6O5. The first-order valence-corrected chi connectivity index (χ1v) is 14.2. The topological polar surface area (TPSA) is 175 Å². The number of nitrogens with two attached hydrogens (primary N) is 3. The van der Waals surface area contributed by atoms with Gasteiger partial charge in [-0.05, 0) is 42.5 Å². The van der Waals surface area contributed by atoms with Crippen molar-refractivity contribution in [2.75, 3.05) is 39.9 Å². The van der Waals surface area contributed by atoms with Gasteiger partial charge in [-0.2, -0.15) is 0 Å². The number of rotatable bonds is 19. The van der Waals surface area contributed by atoms with Crippen molar-refractivity contribution >= 4 is 17.7 Å². The zero-order valence-electron chi connectivity index (χ0n) is 24.3. The summed E-state index contributed by atoms with van der Waals surface area (Å²) in [6.07, 6.45) is 2.66. The summed E-state index contributed by atoms with van der Waals surface area (Å²) in [5.74, 6) is -0.0325. The number of carbonyl (C=O) groups is 3. The van der Waals surface area contributed by atoms with Gasteiger partial charge in [0.05, 0.1) is 26.2 Å². The second kappa shape index (κ2) is 18.6. The number of methoxy groups -OCH3 is 1. The van der Waals surface area contributed by atoms with Crippen LogP contribution in [0.15, 0.2) is 48.5 Å². The maximum atomic E-state index is 13.3. The molecule has 0 saturated heterocycles. The van der Waals surface area contributed by atoms with Crippen LogP contribution in [0, 0.1) is 0 Å². The Morgan fingerprint density at radius 3 is 2.29 bits per heavy atom. The number of benzene rings is 2. The third-order valence-corrected chi connectivity index (χ3v) is 6.53. The van der Waals surface area contributed by atoms with Crippen molar-refractivity contribution in [1.29, 1.82) is 0 Å². The summed E-state index contributed by atoms with van der Waals surface area (Å²) < 4.78 is 11.2. The molecule has 3 amide bonds. The SMILES string of the molecule is CCCCOc1ccc(CNC(=O)[C@H](CCc2ccccc2)NC(=O)[C@@H](N)CC(=O)N(CCN)CCN)cc1OC. The molecule has 0 spiro atoms. The van der Waals surface area contributed by atoms with Gasteiger partial charge in [0.1, 0.15) is 6.04 Å². The van der Waals surface area contributed by atoms with Gasteiger partial charge in [-0.15, -0.1) is 0 Å². The fourth-order valence-electron chi connectivity index (χ4n) is 4.17. The lowest BCUT2D eigenvalue weighted by atomic mass is 10.0. The fraction of sp³-hybridized carbons (Fsp3) is 0.500. The average molecular weight is 571 g/mol. The smallest absolute Gasteiger partial charge is 0.242 e. The van der Waals surface area contributed by atoms with Gasteiger partial charge in [-0.3, -0.25) is 14.4 Å². The molecule has 0 saturated carbocycles. The Kier molecular flexibility index (Phi) is 15.2. The van der Waals surface area contributed by atoms with E-state index in [1.165, 1.54) is 4.90 Å². The molecule has 11 nitrogen and oxygen atoms in total. The van der Waals surface area contributed by atoms with Crippen LogP contribution in [0.1, 0.15) is 43.7 Å². The van der Waals surface area contributed by atoms with E-state index in [4.69, 9.17) is 26.7 Å². The first-order chi connectivity index (χ1) is 19.8. The van der Waals surface area contributed by atoms with Gasteiger partial charge in [0, 0.05) is 32.7 Å². The number of ether oxygens (including phenoxy) is 2. The van der Waals surface area contributed by atoms with Gasteiger partial charge in [-0.1, -0.05) is 49.7 Å². The van der Waals surface area contributed by atoms with Crippen LogP contribution in [0.3, 0.4) is 0 Å². The first-order valence-electron chi connectivity index (χ1n) is 14.2. The van der Waals surface area contributed by atoms with Crippen LogP contribution in [-0.4, -0.2) is 74.6 Å². The highest BCUT2D eigenvalue weighted by Crippen LogP contribution is 2.28. The molecule has 0 aliphatic carbocycles. The highest BCUT2D eigenvalue weighted by molar-refractivity contribution is 5.92. The monoisotopic (exact) mass is 570 g/mol. The maximum absolute atomic E-state index is 13.3. The summed E-state index contributed by atoms with van der Waals surface area (Å²) in [5.41, 5.74) is 19.1. The third-order valence-electron chi connectivity index (χ3n) is 6.53. The molecule has 41 heavy (non-hydrogen) atoms. The number of nitrogens with one attached hydrogen (secondary N) is 2. The summed E-state index contributed by atoms with van der Waals surface area (Å²) in [7, 11) is 1.57. The Balaban J connectivity index is 2.07. The van der Waals surface area contributed by atoms with Gasteiger partial charge < -0.3 is 42.2 Å². The molecule has 0 bridgehead atoms. The fourth-order valence-corrected chi connectivity index (χ4v) is 4.17. The minimum absolute atomic E-state index is 0.217. The lowest BCUT2D eigenvalue weighted by Gasteiger charge is -2.24. The van der Waals surface area contributed by atoms with Crippen molar-refractivity contribution in [3.8, 4) is 11.5 Å². The number of hydrogen-bond acceptors (Lipinski definition) is 8. The normalized spacial score (nSPS) is 12.2. The second-order valence-corrected chi connectivity index (χ2v) is 9.76. The number of nitrogens with zero attached hydrogens (tertiary/aromatic N) is 1. The van der Waals surface area contributed by atoms with Crippen LogP contribution in [0.2, 0.25) is 0 Å². The molecule has 0 unspecified atom stereocenters. The molecule has 226 valence electrons. The quantitative estimate of drug-likeness (QED) is 0.156. The predicted molar refractivity (Wildman–Crippen MR) is 159 cm³/mol. The number of carbonyl (C=O) groups excluding carboxylic acids is 3. The molecular weight excluding hydrogens is 524 g/mol. The maximum Gasteiger partial charge on any atom is 0.242 e. The van der Waals surface area contributed by atoms with Crippen molar-refractivity contribution in [1.82, 2.24) is 15.5 Å². The largest absolute Gasteiger partial charge is 0.493 e. The molecule has 0 heterocycles. The molecule has 0 aliphatic rings. The van der Waals surface area contributed by atoms with E-state index in [-0.39, 0.29) is 37.9 Å². The van der Waals surface area contributed by atoms with E-state index in [1.54, 1.807) is 7.11 Å². The standard InChI is InChI=1S/C30H46N6O5/c1-3-4-18-41-26-13-11-23(19-27(26)40-2)21-34-30(39)25(12-10-22-8-6-5-7-9-22)35-29(38)24(33)20-28(37)36(16-14-31)17-15-32/h5-9,11,13,19,24-25H,3-4,10,12,14-18,20-21,31-33H2,1-2H3,(H,34,39)(H,35,38)/t24-,25-/m0/s1. The van der Waals surface area contributed by atoms with Crippen LogP contribution >= 0.6 is 0 Å². The highest BCUT2D eigenvalue weighted by atomic mass is 16.5. The molecule has 0 radical (unpaired) electrons. The minimum Gasteiger partial charge on any atom is -0.493 e. The highest BCUT2D eigenvalue weighted by Gasteiger charge is 2.26. The van der Waals surface area contributed by atoms with Gasteiger partial charge in [0.2, 0.25) is 17.7 Å². The van der Waals surface area contributed by atoms with Crippen LogP contribution in [0.5, 0.6) is 11.5 Å². The summed E-state index contributed by atoms with van der Waals surface area (Å²) in [5, 5.41) is 5.65. The van der Waals surface area contributed by atoms with Gasteiger partial charge in [0.15, 0.2) is 11.5 Å². The Bertz CT molecular complexity index is 1080. The van der Waals surface area contributed by atoms with Crippen molar-refractivity contribution in [3.05, 3.63) is 59.7 Å². The van der Waals surface area contributed by atoms with Crippen LogP contribution in [0.25, 0.3) is 0 Å². The Hall–Kier alpha value is -3.67. The third kappa shape index (κ3) is 11.8. The van der Waals surface area contributed by atoms with E-state index in [9.17, 15) is 14.4 Å². The number of unbranched alkanes of at least 4 members (excludes halogenated alkanes) is 1. The van der Waals surface area contributed by atoms with Crippen LogP contribution in [0.4, 0.5) is 0 Å². The molecule has 2 atom stereocenters. The van der Waals surface area contributed by atoms with E-state index in [0.29, 0.717) is 44.0 Å². The molecule has 8 N–H and O–H groups in total. The predicted octanol–water partition coefficient (Wildman–Crippen LogP) is 1.07. The Labute approximate surface area is 243 Å². The van der Waals surface area contributed by atoms with Crippen LogP contribution in [-0.2, 0) is 27.3 Å². The van der Waals surface area contributed by atoms with E-state index in [0.717, 1.165) is 24.0 Å². The molecule has 2 aromatic rings.